The second-order valence-electron chi connectivity index (χ2n) is 6.88. The summed E-state index contributed by atoms with van der Waals surface area (Å²) >= 11 is 1.65. The first-order chi connectivity index (χ1) is 7.76. The summed E-state index contributed by atoms with van der Waals surface area (Å²) in [7, 11) is 0. The Bertz CT molecular complexity index is 379. The molecule has 1 aromatic rings. The molecule has 0 radical (unpaired) electrons. The van der Waals surface area contributed by atoms with Gasteiger partial charge in [0.25, 0.3) is 0 Å². The minimum atomic E-state index is 0.416. The van der Waals surface area contributed by atoms with Gasteiger partial charge < -0.3 is 5.32 Å². The Labute approximate surface area is 108 Å². The minimum Gasteiger partial charge on any atom is -0.357 e. The van der Waals surface area contributed by atoms with E-state index in [4.69, 9.17) is 0 Å². The van der Waals surface area contributed by atoms with Crippen molar-refractivity contribution >= 4 is 16.5 Å². The van der Waals surface area contributed by atoms with Gasteiger partial charge in [0.1, 0.15) is 5.01 Å². The fraction of sp³-hybridized carbons (Fsp3) is 0.846. The second kappa shape index (κ2) is 4.23. The first-order valence-electron chi connectivity index (χ1n) is 6.32. The molecule has 17 heavy (non-hydrogen) atoms. The lowest BCUT2D eigenvalue weighted by molar-refractivity contribution is 0.105. The fourth-order valence-electron chi connectivity index (χ4n) is 3.48. The van der Waals surface area contributed by atoms with Crippen LogP contribution in [0.1, 0.15) is 52.0 Å². The monoisotopic (exact) mass is 253 g/mol. The van der Waals surface area contributed by atoms with Gasteiger partial charge in [-0.2, -0.15) is 0 Å². The summed E-state index contributed by atoms with van der Waals surface area (Å²) in [5.41, 5.74) is 0.832. The van der Waals surface area contributed by atoms with E-state index in [1.807, 2.05) is 6.92 Å². The highest BCUT2D eigenvalue weighted by molar-refractivity contribution is 7.15. The van der Waals surface area contributed by atoms with Crippen molar-refractivity contribution < 1.29 is 0 Å². The highest BCUT2D eigenvalue weighted by Gasteiger charge is 2.38. The van der Waals surface area contributed by atoms with Gasteiger partial charge in [-0.15, -0.1) is 10.2 Å². The molecular formula is C13H23N3S. The van der Waals surface area contributed by atoms with E-state index in [-0.39, 0.29) is 0 Å². The molecule has 1 N–H and O–H groups in total. The lowest BCUT2D eigenvalue weighted by Gasteiger charge is -2.45. The third-order valence-corrected chi connectivity index (χ3v) is 4.18. The highest BCUT2D eigenvalue weighted by atomic mass is 32.1. The van der Waals surface area contributed by atoms with Crippen LogP contribution >= 0.6 is 11.3 Å². The standard InChI is InChI=1S/C13H23N3S/c1-9-15-16-11(17-9)14-10-6-12(2,3)8-13(4,5)7-10/h10H,6-8H2,1-5H3,(H,14,16). The van der Waals surface area contributed by atoms with Crippen LogP contribution in [0, 0.1) is 17.8 Å². The Morgan fingerprint density at radius 1 is 1.12 bits per heavy atom. The average Bonchev–Trinajstić information content (AvgIpc) is 2.44. The number of aromatic nitrogens is 2. The Balaban J connectivity index is 2.06. The van der Waals surface area contributed by atoms with Crippen molar-refractivity contribution in [1.29, 1.82) is 0 Å². The largest absolute Gasteiger partial charge is 0.357 e. The van der Waals surface area contributed by atoms with Gasteiger partial charge in [-0.25, -0.2) is 0 Å². The van der Waals surface area contributed by atoms with Crippen LogP contribution in [0.4, 0.5) is 5.13 Å². The maximum atomic E-state index is 4.16. The normalized spacial score (nSPS) is 23.6. The van der Waals surface area contributed by atoms with Gasteiger partial charge in [0, 0.05) is 6.04 Å². The molecule has 1 aliphatic carbocycles. The van der Waals surface area contributed by atoms with E-state index in [0.717, 1.165) is 10.1 Å². The van der Waals surface area contributed by atoms with Crippen molar-refractivity contribution in [1.82, 2.24) is 10.2 Å². The van der Waals surface area contributed by atoms with Crippen LogP contribution in [-0.4, -0.2) is 16.2 Å². The molecule has 0 spiro atoms. The Morgan fingerprint density at radius 2 is 1.71 bits per heavy atom. The molecule has 4 heteroatoms. The number of nitrogens with one attached hydrogen (secondary N) is 1. The van der Waals surface area contributed by atoms with Gasteiger partial charge in [-0.05, 0) is 37.0 Å². The Kier molecular flexibility index (Phi) is 3.19. The van der Waals surface area contributed by atoms with E-state index in [2.05, 4.69) is 43.2 Å². The lowest BCUT2D eigenvalue weighted by Crippen LogP contribution is -2.40. The van der Waals surface area contributed by atoms with Crippen molar-refractivity contribution in [3.63, 3.8) is 0 Å². The number of nitrogens with zero attached hydrogens (tertiary/aromatic N) is 2. The molecule has 1 aromatic heterocycles. The van der Waals surface area contributed by atoms with Crippen LogP contribution in [0.15, 0.2) is 0 Å². The number of hydrogen-bond donors (Lipinski definition) is 1. The third kappa shape index (κ3) is 3.41. The summed E-state index contributed by atoms with van der Waals surface area (Å²) in [5.74, 6) is 0. The van der Waals surface area contributed by atoms with Gasteiger partial charge in [-0.3, -0.25) is 0 Å². The topological polar surface area (TPSA) is 37.8 Å². The quantitative estimate of drug-likeness (QED) is 0.869. The van der Waals surface area contributed by atoms with E-state index in [0.29, 0.717) is 16.9 Å². The maximum Gasteiger partial charge on any atom is 0.205 e. The van der Waals surface area contributed by atoms with E-state index in [1.165, 1.54) is 19.3 Å². The van der Waals surface area contributed by atoms with E-state index in [1.54, 1.807) is 11.3 Å². The maximum absolute atomic E-state index is 4.16. The van der Waals surface area contributed by atoms with Crippen molar-refractivity contribution in [2.75, 3.05) is 5.32 Å². The Hall–Kier alpha value is -0.640. The number of hydrogen-bond acceptors (Lipinski definition) is 4. The predicted octanol–water partition coefficient (Wildman–Crippen LogP) is 3.86. The molecular weight excluding hydrogens is 230 g/mol. The van der Waals surface area contributed by atoms with Crippen LogP contribution in [0.3, 0.4) is 0 Å². The van der Waals surface area contributed by atoms with Gasteiger partial charge in [0.15, 0.2) is 0 Å². The zero-order valence-electron chi connectivity index (χ0n) is 11.5. The minimum absolute atomic E-state index is 0.416. The van der Waals surface area contributed by atoms with Crippen LogP contribution in [0.5, 0.6) is 0 Å². The molecule has 1 fully saturated rings. The molecule has 1 aliphatic rings. The zero-order valence-corrected chi connectivity index (χ0v) is 12.3. The lowest BCUT2D eigenvalue weighted by atomic mass is 9.63. The highest BCUT2D eigenvalue weighted by Crippen LogP contribution is 2.46. The van der Waals surface area contributed by atoms with E-state index < -0.39 is 0 Å². The van der Waals surface area contributed by atoms with Crippen molar-refractivity contribution in [3.05, 3.63) is 5.01 Å². The van der Waals surface area contributed by atoms with E-state index >= 15 is 0 Å². The molecule has 0 aliphatic heterocycles. The summed E-state index contributed by atoms with van der Waals surface area (Å²) in [6.45, 7) is 11.5. The zero-order chi connectivity index (χ0) is 12.7. The van der Waals surface area contributed by atoms with E-state index in [9.17, 15) is 0 Å². The summed E-state index contributed by atoms with van der Waals surface area (Å²) in [5, 5.41) is 13.8. The molecule has 0 saturated heterocycles. The molecule has 1 saturated carbocycles. The van der Waals surface area contributed by atoms with Gasteiger partial charge in [-0.1, -0.05) is 39.0 Å². The smallest absolute Gasteiger partial charge is 0.205 e. The molecule has 0 amide bonds. The van der Waals surface area contributed by atoms with Crippen LogP contribution in [0.2, 0.25) is 0 Å². The number of anilines is 1. The molecule has 0 atom stereocenters. The number of aryl methyl sites for hydroxylation is 1. The summed E-state index contributed by atoms with van der Waals surface area (Å²) in [6.07, 6.45) is 3.73. The number of rotatable bonds is 2. The summed E-state index contributed by atoms with van der Waals surface area (Å²) in [4.78, 5) is 0. The SMILES string of the molecule is Cc1nnc(NC2CC(C)(C)CC(C)(C)C2)s1. The first kappa shape index (κ1) is 12.8. The molecule has 0 bridgehead atoms. The molecule has 0 unspecified atom stereocenters. The van der Waals surface area contributed by atoms with Crippen LogP contribution < -0.4 is 5.32 Å². The van der Waals surface area contributed by atoms with Crippen LogP contribution in [-0.2, 0) is 0 Å². The van der Waals surface area contributed by atoms with Gasteiger partial charge >= 0.3 is 0 Å². The van der Waals surface area contributed by atoms with Gasteiger partial charge in [0.05, 0.1) is 0 Å². The summed E-state index contributed by atoms with van der Waals surface area (Å²) < 4.78 is 0. The van der Waals surface area contributed by atoms with Crippen molar-refractivity contribution in [3.8, 4) is 0 Å². The first-order valence-corrected chi connectivity index (χ1v) is 7.14. The molecule has 1 heterocycles. The molecule has 0 aromatic carbocycles. The van der Waals surface area contributed by atoms with Crippen molar-refractivity contribution in [2.24, 2.45) is 10.8 Å². The second-order valence-corrected chi connectivity index (χ2v) is 8.06. The Morgan fingerprint density at radius 3 is 2.18 bits per heavy atom. The molecule has 3 nitrogen and oxygen atoms in total. The average molecular weight is 253 g/mol. The molecule has 96 valence electrons. The summed E-state index contributed by atoms with van der Waals surface area (Å²) in [6, 6.07) is 0.529. The van der Waals surface area contributed by atoms with Gasteiger partial charge in [0.2, 0.25) is 5.13 Å². The predicted molar refractivity (Wildman–Crippen MR) is 73.5 cm³/mol. The fourth-order valence-corrected chi connectivity index (χ4v) is 4.15. The molecule has 2 rings (SSSR count). The van der Waals surface area contributed by atoms with Crippen LogP contribution in [0.25, 0.3) is 0 Å². The van der Waals surface area contributed by atoms with Crippen molar-refractivity contribution in [2.45, 2.75) is 59.9 Å². The third-order valence-electron chi connectivity index (χ3n) is 3.41.